The Balaban J connectivity index is 1.34. The van der Waals surface area contributed by atoms with Gasteiger partial charge in [0.15, 0.2) is 0 Å². The third-order valence-corrected chi connectivity index (χ3v) is 5.53. The van der Waals surface area contributed by atoms with Crippen LogP contribution in [-0.4, -0.2) is 57.2 Å². The first-order valence-electron chi connectivity index (χ1n) is 10.5. The first kappa shape index (κ1) is 21.2. The van der Waals surface area contributed by atoms with Crippen molar-refractivity contribution < 1.29 is 9.53 Å². The lowest BCUT2D eigenvalue weighted by Gasteiger charge is -2.36. The van der Waals surface area contributed by atoms with Crippen molar-refractivity contribution in [3.05, 3.63) is 59.2 Å². The van der Waals surface area contributed by atoms with Gasteiger partial charge in [-0.1, -0.05) is 23.8 Å². The zero-order chi connectivity index (χ0) is 20.6. The molecule has 0 aliphatic carbocycles. The maximum Gasteiger partial charge on any atom is 0.255 e. The van der Waals surface area contributed by atoms with Crippen LogP contribution in [0.4, 0.5) is 5.69 Å². The van der Waals surface area contributed by atoms with Crippen LogP contribution < -0.4 is 15.0 Å². The van der Waals surface area contributed by atoms with Gasteiger partial charge in [0.25, 0.3) is 5.91 Å². The number of unbranched alkanes of at least 4 members (excludes halogenated alkanes) is 1. The monoisotopic (exact) mass is 395 g/mol. The van der Waals surface area contributed by atoms with Gasteiger partial charge in [-0.25, -0.2) is 0 Å². The van der Waals surface area contributed by atoms with Crippen molar-refractivity contribution in [1.29, 1.82) is 0 Å². The lowest BCUT2D eigenvalue weighted by Crippen LogP contribution is -2.46. The van der Waals surface area contributed by atoms with Gasteiger partial charge < -0.3 is 15.0 Å². The average molecular weight is 396 g/mol. The van der Waals surface area contributed by atoms with Crippen LogP contribution in [-0.2, 0) is 0 Å². The molecule has 0 unspecified atom stereocenters. The molecule has 2 aromatic rings. The molecular weight excluding hydrogens is 362 g/mol. The molecule has 0 aromatic heterocycles. The maximum absolute atomic E-state index is 12.4. The van der Waals surface area contributed by atoms with Crippen LogP contribution in [0, 0.1) is 13.8 Å². The predicted molar refractivity (Wildman–Crippen MR) is 119 cm³/mol. The number of hydrogen-bond donors (Lipinski definition) is 1. The van der Waals surface area contributed by atoms with Crippen molar-refractivity contribution >= 4 is 11.6 Å². The van der Waals surface area contributed by atoms with Crippen molar-refractivity contribution in [3.8, 4) is 5.75 Å². The molecule has 1 fully saturated rings. The zero-order valence-electron chi connectivity index (χ0n) is 17.9. The summed E-state index contributed by atoms with van der Waals surface area (Å²) >= 11 is 0. The van der Waals surface area contributed by atoms with Gasteiger partial charge in [0.05, 0.1) is 12.7 Å². The summed E-state index contributed by atoms with van der Waals surface area (Å²) in [6.07, 6.45) is 2.08. The third kappa shape index (κ3) is 5.97. The highest BCUT2D eigenvalue weighted by Crippen LogP contribution is 2.20. The van der Waals surface area contributed by atoms with Crippen molar-refractivity contribution in [3.63, 3.8) is 0 Å². The Labute approximate surface area is 174 Å². The predicted octanol–water partition coefficient (Wildman–Crippen LogP) is 3.64. The van der Waals surface area contributed by atoms with Crippen molar-refractivity contribution in [2.24, 2.45) is 0 Å². The second-order valence-corrected chi connectivity index (χ2v) is 7.83. The summed E-state index contributed by atoms with van der Waals surface area (Å²) in [6.45, 7) is 10.3. The summed E-state index contributed by atoms with van der Waals surface area (Å²) in [5.41, 5.74) is 4.31. The van der Waals surface area contributed by atoms with Crippen LogP contribution in [0.3, 0.4) is 0 Å². The van der Waals surface area contributed by atoms with E-state index in [2.05, 4.69) is 46.3 Å². The first-order valence-corrected chi connectivity index (χ1v) is 10.5. The summed E-state index contributed by atoms with van der Waals surface area (Å²) in [4.78, 5) is 17.4. The van der Waals surface area contributed by atoms with Crippen LogP contribution in [0.2, 0.25) is 0 Å². The molecule has 156 valence electrons. The number of anilines is 1. The van der Waals surface area contributed by atoms with E-state index in [1.807, 2.05) is 25.1 Å². The fourth-order valence-electron chi connectivity index (χ4n) is 3.81. The molecule has 29 heavy (non-hydrogen) atoms. The van der Waals surface area contributed by atoms with Crippen molar-refractivity contribution in [2.45, 2.75) is 26.7 Å². The van der Waals surface area contributed by atoms with Crippen molar-refractivity contribution in [1.82, 2.24) is 10.2 Å². The number of carbonyl (C=O) groups is 1. The number of carbonyl (C=O) groups excluding carboxylic acids is 1. The number of ether oxygens (including phenoxy) is 1. The highest BCUT2D eigenvalue weighted by Gasteiger charge is 2.17. The molecule has 2 aromatic carbocycles. The topological polar surface area (TPSA) is 44.8 Å². The zero-order valence-corrected chi connectivity index (χ0v) is 17.9. The summed E-state index contributed by atoms with van der Waals surface area (Å²) in [5.74, 6) is 0.567. The molecule has 1 aliphatic rings. The molecule has 0 atom stereocenters. The van der Waals surface area contributed by atoms with E-state index in [-0.39, 0.29) is 5.91 Å². The molecule has 0 spiro atoms. The second kappa shape index (κ2) is 10.3. The number of methoxy groups -OCH3 is 1. The number of nitrogens with zero attached hydrogens (tertiary/aromatic N) is 2. The molecule has 1 N–H and O–H groups in total. The summed E-state index contributed by atoms with van der Waals surface area (Å²) in [5, 5.41) is 3.03. The van der Waals surface area contributed by atoms with E-state index < -0.39 is 0 Å². The molecule has 1 saturated heterocycles. The van der Waals surface area contributed by atoms with E-state index in [0.29, 0.717) is 17.9 Å². The van der Waals surface area contributed by atoms with E-state index in [1.54, 1.807) is 7.11 Å². The minimum atomic E-state index is -0.0580. The number of amides is 1. The van der Waals surface area contributed by atoms with Crippen LogP contribution >= 0.6 is 0 Å². The van der Waals surface area contributed by atoms with Crippen LogP contribution in [0.5, 0.6) is 5.75 Å². The lowest BCUT2D eigenvalue weighted by molar-refractivity contribution is 0.0949. The summed E-state index contributed by atoms with van der Waals surface area (Å²) in [7, 11) is 1.60. The molecule has 5 heteroatoms. The number of aryl methyl sites for hydroxylation is 2. The Morgan fingerprint density at radius 1 is 1.00 bits per heavy atom. The molecule has 0 radical (unpaired) electrons. The molecule has 0 saturated carbocycles. The summed E-state index contributed by atoms with van der Waals surface area (Å²) in [6, 6.07) is 14.4. The quantitative estimate of drug-likeness (QED) is 0.693. The summed E-state index contributed by atoms with van der Waals surface area (Å²) < 4.78 is 5.30. The fourth-order valence-corrected chi connectivity index (χ4v) is 3.81. The normalized spacial score (nSPS) is 14.7. The Bertz CT molecular complexity index is 814. The number of hydrogen-bond acceptors (Lipinski definition) is 4. The van der Waals surface area contributed by atoms with Gasteiger partial charge in [0.1, 0.15) is 5.75 Å². The number of rotatable bonds is 8. The van der Waals surface area contributed by atoms with E-state index in [9.17, 15) is 4.79 Å². The van der Waals surface area contributed by atoms with Gasteiger partial charge in [-0.05, 0) is 63.1 Å². The fraction of sp³-hybridized carbons (Fsp3) is 0.458. The Morgan fingerprint density at radius 3 is 2.48 bits per heavy atom. The Hall–Kier alpha value is -2.53. The molecular formula is C24H33N3O2. The van der Waals surface area contributed by atoms with Gasteiger partial charge in [-0.15, -0.1) is 0 Å². The Kier molecular flexibility index (Phi) is 7.53. The van der Waals surface area contributed by atoms with E-state index in [0.717, 1.165) is 51.1 Å². The van der Waals surface area contributed by atoms with E-state index in [1.165, 1.54) is 11.3 Å². The molecule has 0 bridgehead atoms. The molecule has 3 rings (SSSR count). The van der Waals surface area contributed by atoms with Crippen LogP contribution in [0.15, 0.2) is 42.5 Å². The highest BCUT2D eigenvalue weighted by atomic mass is 16.5. The van der Waals surface area contributed by atoms with Crippen LogP contribution in [0.25, 0.3) is 0 Å². The van der Waals surface area contributed by atoms with E-state index in [4.69, 9.17) is 4.74 Å². The number of nitrogens with one attached hydrogen (secondary N) is 1. The lowest BCUT2D eigenvalue weighted by atomic mass is 10.1. The van der Waals surface area contributed by atoms with Gasteiger partial charge in [0, 0.05) is 38.4 Å². The SMILES string of the molecule is COc1ccc(C)cc1C(=O)NCCCCN1CCN(c2cccc(C)c2)CC1. The number of benzene rings is 2. The standard InChI is InChI=1S/C24H33N3O2/c1-19-7-6-8-21(17-19)27-15-13-26(14-16-27)12-5-4-11-25-24(28)22-18-20(2)9-10-23(22)29-3/h6-10,17-18H,4-5,11-16H2,1-3H3,(H,25,28). The molecule has 1 aliphatic heterocycles. The number of piperazine rings is 1. The largest absolute Gasteiger partial charge is 0.496 e. The minimum Gasteiger partial charge on any atom is -0.496 e. The van der Waals surface area contributed by atoms with E-state index >= 15 is 0 Å². The van der Waals surface area contributed by atoms with Crippen LogP contribution in [0.1, 0.15) is 34.3 Å². The van der Waals surface area contributed by atoms with Gasteiger partial charge in [-0.2, -0.15) is 0 Å². The molecule has 1 heterocycles. The molecule has 5 nitrogen and oxygen atoms in total. The average Bonchev–Trinajstić information content (AvgIpc) is 2.74. The maximum atomic E-state index is 12.4. The third-order valence-electron chi connectivity index (χ3n) is 5.53. The highest BCUT2D eigenvalue weighted by molar-refractivity contribution is 5.97. The molecule has 1 amide bonds. The van der Waals surface area contributed by atoms with Crippen molar-refractivity contribution in [2.75, 3.05) is 51.3 Å². The second-order valence-electron chi connectivity index (χ2n) is 7.83. The minimum absolute atomic E-state index is 0.0580. The first-order chi connectivity index (χ1) is 14.1. The van der Waals surface area contributed by atoms with Gasteiger partial charge in [0.2, 0.25) is 0 Å². The van der Waals surface area contributed by atoms with Gasteiger partial charge >= 0.3 is 0 Å². The smallest absolute Gasteiger partial charge is 0.255 e. The van der Waals surface area contributed by atoms with Gasteiger partial charge in [-0.3, -0.25) is 9.69 Å². The Morgan fingerprint density at radius 2 is 1.76 bits per heavy atom.